The Kier molecular flexibility index (Phi) is 6.18. The zero-order valence-corrected chi connectivity index (χ0v) is 15.7. The van der Waals surface area contributed by atoms with Crippen LogP contribution in [0.25, 0.3) is 0 Å². The molecule has 8 heteroatoms. The van der Waals surface area contributed by atoms with Crippen LogP contribution in [0.2, 0.25) is 0 Å². The van der Waals surface area contributed by atoms with Crippen molar-refractivity contribution in [1.82, 2.24) is 14.8 Å². The fourth-order valence-corrected chi connectivity index (χ4v) is 4.27. The average molecular weight is 391 g/mol. The maximum absolute atomic E-state index is 12.9. The van der Waals surface area contributed by atoms with E-state index >= 15 is 0 Å². The van der Waals surface area contributed by atoms with E-state index < -0.39 is 15.7 Å². The summed E-state index contributed by atoms with van der Waals surface area (Å²) in [5.41, 5.74) is 1.18. The molecule has 27 heavy (non-hydrogen) atoms. The lowest BCUT2D eigenvalue weighted by Gasteiger charge is -2.34. The molecule has 0 unspecified atom stereocenters. The number of sulfone groups is 1. The quantitative estimate of drug-likeness (QED) is 0.702. The third-order valence-corrected chi connectivity index (χ3v) is 6.37. The van der Waals surface area contributed by atoms with Gasteiger partial charge in [0.2, 0.25) is 5.91 Å². The summed E-state index contributed by atoms with van der Waals surface area (Å²) >= 11 is 0. The first kappa shape index (κ1) is 19.4. The van der Waals surface area contributed by atoms with Crippen molar-refractivity contribution in [1.29, 1.82) is 0 Å². The van der Waals surface area contributed by atoms with Crippen molar-refractivity contribution >= 4 is 15.7 Å². The predicted octanol–water partition coefficient (Wildman–Crippen LogP) is 1.73. The average Bonchev–Trinajstić information content (AvgIpc) is 2.68. The molecule has 1 saturated heterocycles. The molecule has 0 aliphatic carbocycles. The lowest BCUT2D eigenvalue weighted by molar-refractivity contribution is -0.132. The number of amides is 1. The molecule has 144 valence electrons. The van der Waals surface area contributed by atoms with E-state index in [4.69, 9.17) is 0 Å². The summed E-state index contributed by atoms with van der Waals surface area (Å²) < 4.78 is 37.5. The van der Waals surface area contributed by atoms with Crippen molar-refractivity contribution in [2.24, 2.45) is 0 Å². The van der Waals surface area contributed by atoms with Crippen LogP contribution in [0, 0.1) is 5.82 Å². The number of rotatable bonds is 6. The van der Waals surface area contributed by atoms with E-state index in [0.29, 0.717) is 13.1 Å². The van der Waals surface area contributed by atoms with Crippen molar-refractivity contribution in [3.63, 3.8) is 0 Å². The van der Waals surface area contributed by atoms with Crippen LogP contribution in [0.4, 0.5) is 4.39 Å². The van der Waals surface area contributed by atoms with Gasteiger partial charge in [-0.25, -0.2) is 12.8 Å². The Labute approximate surface area is 158 Å². The smallest absolute Gasteiger partial charge is 0.223 e. The summed E-state index contributed by atoms with van der Waals surface area (Å²) in [6.07, 6.45) is 3.46. The zero-order valence-electron chi connectivity index (χ0n) is 14.9. The van der Waals surface area contributed by atoms with Crippen LogP contribution in [0.3, 0.4) is 0 Å². The molecule has 1 fully saturated rings. The van der Waals surface area contributed by atoms with Gasteiger partial charge in [0.25, 0.3) is 0 Å². The second-order valence-corrected chi connectivity index (χ2v) is 8.64. The van der Waals surface area contributed by atoms with Crippen molar-refractivity contribution in [2.45, 2.75) is 17.9 Å². The van der Waals surface area contributed by atoms with Gasteiger partial charge in [-0.2, -0.15) is 0 Å². The second-order valence-electron chi connectivity index (χ2n) is 6.54. The van der Waals surface area contributed by atoms with Gasteiger partial charge in [0.15, 0.2) is 9.84 Å². The Balaban J connectivity index is 1.47. The highest BCUT2D eigenvalue weighted by Crippen LogP contribution is 2.14. The molecule has 3 rings (SSSR count). The number of carbonyl (C=O) groups is 1. The van der Waals surface area contributed by atoms with Gasteiger partial charge in [-0.1, -0.05) is 0 Å². The normalized spacial score (nSPS) is 15.7. The third-order valence-electron chi connectivity index (χ3n) is 4.64. The van der Waals surface area contributed by atoms with Gasteiger partial charge in [-0.15, -0.1) is 0 Å². The molecule has 2 aromatic rings. The predicted molar refractivity (Wildman–Crippen MR) is 99.2 cm³/mol. The minimum Gasteiger partial charge on any atom is -0.340 e. The molecule has 0 saturated carbocycles. The van der Waals surface area contributed by atoms with Crippen molar-refractivity contribution < 1.29 is 17.6 Å². The fraction of sp³-hybridized carbons (Fsp3) is 0.368. The summed E-state index contributed by atoms with van der Waals surface area (Å²) in [6.45, 7) is 3.47. The van der Waals surface area contributed by atoms with Crippen LogP contribution in [0.15, 0.2) is 53.7 Å². The number of hydrogen-bond donors (Lipinski definition) is 0. The SMILES string of the molecule is O=C(CCS(=O)(=O)c1ccc(F)cc1)N1CCN(Cc2ccncc2)CC1. The summed E-state index contributed by atoms with van der Waals surface area (Å²) in [6, 6.07) is 8.61. The minimum absolute atomic E-state index is 0.0406. The Hall–Kier alpha value is -2.32. The lowest BCUT2D eigenvalue weighted by Crippen LogP contribution is -2.48. The van der Waals surface area contributed by atoms with E-state index in [1.54, 1.807) is 17.3 Å². The number of benzene rings is 1. The lowest BCUT2D eigenvalue weighted by atomic mass is 10.2. The van der Waals surface area contributed by atoms with E-state index in [0.717, 1.165) is 31.8 Å². The monoisotopic (exact) mass is 391 g/mol. The van der Waals surface area contributed by atoms with Gasteiger partial charge in [-0.05, 0) is 42.0 Å². The molecule has 6 nitrogen and oxygen atoms in total. The topological polar surface area (TPSA) is 70.6 Å². The third kappa shape index (κ3) is 5.33. The number of aromatic nitrogens is 1. The van der Waals surface area contributed by atoms with E-state index in [1.165, 1.54) is 17.7 Å². The van der Waals surface area contributed by atoms with Crippen LogP contribution in [-0.4, -0.2) is 61.0 Å². The molecule has 2 heterocycles. The standard InChI is InChI=1S/C19H22FN3O3S/c20-17-1-3-18(4-2-17)27(25,26)14-7-19(24)23-12-10-22(11-13-23)15-16-5-8-21-9-6-16/h1-6,8-9H,7,10-15H2. The number of hydrogen-bond acceptors (Lipinski definition) is 5. The highest BCUT2D eigenvalue weighted by molar-refractivity contribution is 7.91. The second kappa shape index (κ2) is 8.58. The van der Waals surface area contributed by atoms with Gasteiger partial charge in [0.05, 0.1) is 10.6 Å². The Morgan fingerprint density at radius 1 is 1.00 bits per heavy atom. The van der Waals surface area contributed by atoms with Crippen molar-refractivity contribution in [2.75, 3.05) is 31.9 Å². The first-order valence-corrected chi connectivity index (χ1v) is 10.5. The van der Waals surface area contributed by atoms with E-state index in [-0.39, 0.29) is 23.0 Å². The number of carbonyl (C=O) groups excluding carboxylic acids is 1. The largest absolute Gasteiger partial charge is 0.340 e. The first-order chi connectivity index (χ1) is 12.9. The molecule has 1 aromatic carbocycles. The van der Waals surface area contributed by atoms with Gasteiger partial charge >= 0.3 is 0 Å². The first-order valence-electron chi connectivity index (χ1n) is 8.81. The van der Waals surface area contributed by atoms with Crippen LogP contribution < -0.4 is 0 Å². The number of nitrogens with zero attached hydrogens (tertiary/aromatic N) is 3. The number of halogens is 1. The fourth-order valence-electron chi connectivity index (χ4n) is 3.04. The maximum Gasteiger partial charge on any atom is 0.223 e. The summed E-state index contributed by atoms with van der Waals surface area (Å²) in [5.74, 6) is -0.923. The van der Waals surface area contributed by atoms with Crippen LogP contribution >= 0.6 is 0 Å². The highest BCUT2D eigenvalue weighted by Gasteiger charge is 2.23. The van der Waals surface area contributed by atoms with Gasteiger partial charge in [0.1, 0.15) is 5.82 Å². The Morgan fingerprint density at radius 2 is 1.63 bits per heavy atom. The summed E-state index contributed by atoms with van der Waals surface area (Å²) in [5, 5.41) is 0. The molecule has 0 spiro atoms. The van der Waals surface area contributed by atoms with Crippen LogP contribution in [-0.2, 0) is 21.2 Å². The summed E-state index contributed by atoms with van der Waals surface area (Å²) in [4.78, 5) is 20.4. The molecule has 1 aromatic heterocycles. The molecule has 0 radical (unpaired) electrons. The molecule has 0 bridgehead atoms. The Bertz CT molecular complexity index is 865. The van der Waals surface area contributed by atoms with Gasteiger partial charge in [0, 0.05) is 51.5 Å². The Morgan fingerprint density at radius 3 is 2.26 bits per heavy atom. The number of pyridine rings is 1. The minimum atomic E-state index is -3.59. The molecule has 0 N–H and O–H groups in total. The molecular weight excluding hydrogens is 369 g/mol. The van der Waals surface area contributed by atoms with Gasteiger partial charge < -0.3 is 4.90 Å². The van der Waals surface area contributed by atoms with E-state index in [9.17, 15) is 17.6 Å². The van der Waals surface area contributed by atoms with Crippen LogP contribution in [0.1, 0.15) is 12.0 Å². The molecule has 1 amide bonds. The molecule has 0 atom stereocenters. The van der Waals surface area contributed by atoms with E-state index in [1.807, 2.05) is 12.1 Å². The van der Waals surface area contributed by atoms with Crippen LogP contribution in [0.5, 0.6) is 0 Å². The van der Waals surface area contributed by atoms with Crippen molar-refractivity contribution in [3.05, 3.63) is 60.2 Å². The summed E-state index contributed by atoms with van der Waals surface area (Å²) in [7, 11) is -3.59. The maximum atomic E-state index is 12.9. The highest BCUT2D eigenvalue weighted by atomic mass is 32.2. The molecule has 1 aliphatic rings. The number of piperazine rings is 1. The molecule has 1 aliphatic heterocycles. The van der Waals surface area contributed by atoms with Gasteiger partial charge in [-0.3, -0.25) is 14.7 Å². The van der Waals surface area contributed by atoms with E-state index in [2.05, 4.69) is 9.88 Å². The van der Waals surface area contributed by atoms with Crippen molar-refractivity contribution in [3.8, 4) is 0 Å². The molecular formula is C19H22FN3O3S. The zero-order chi connectivity index (χ0) is 19.3.